The van der Waals surface area contributed by atoms with Crippen LogP contribution in [0.2, 0.25) is 0 Å². The second-order valence-electron chi connectivity index (χ2n) is 9.91. The second-order valence-corrected chi connectivity index (χ2v) is 9.91. The van der Waals surface area contributed by atoms with Gasteiger partial charge in [0.05, 0.1) is 17.4 Å². The standard InChI is InChI=1S/C26H45NO2/c1-3-5-7-9-11-22-12-14-23(15-13-22)25(28)29-24-16-19-26(21-27,20-17-24)18-10-8-6-4-2/h22-24H,3-20H2,1-2H3/t22-,23-,24-,26+. The molecule has 0 N–H and O–H groups in total. The summed E-state index contributed by atoms with van der Waals surface area (Å²) in [7, 11) is 0. The van der Waals surface area contributed by atoms with Gasteiger partial charge in [-0.2, -0.15) is 5.26 Å². The molecule has 0 radical (unpaired) electrons. The first-order chi connectivity index (χ1) is 14.1. The Morgan fingerprint density at radius 3 is 2.10 bits per heavy atom. The largest absolute Gasteiger partial charge is 0.462 e. The van der Waals surface area contributed by atoms with Crippen LogP contribution in [-0.2, 0) is 9.53 Å². The van der Waals surface area contributed by atoms with Gasteiger partial charge in [-0.05, 0) is 63.7 Å². The van der Waals surface area contributed by atoms with Crippen molar-refractivity contribution >= 4 is 5.97 Å². The molecule has 0 spiro atoms. The number of unbranched alkanes of at least 4 members (excludes halogenated alkanes) is 6. The molecular formula is C26H45NO2. The Labute approximate surface area is 180 Å². The molecule has 2 rings (SSSR count). The summed E-state index contributed by atoms with van der Waals surface area (Å²) in [5.74, 6) is 1.000. The molecule has 2 aliphatic rings. The van der Waals surface area contributed by atoms with Crippen molar-refractivity contribution in [3.05, 3.63) is 0 Å². The molecule has 0 saturated heterocycles. The molecule has 0 bridgehead atoms. The third-order valence-electron chi connectivity index (χ3n) is 7.56. The molecular weight excluding hydrogens is 358 g/mol. The van der Waals surface area contributed by atoms with Gasteiger partial charge < -0.3 is 4.74 Å². The van der Waals surface area contributed by atoms with Crippen molar-refractivity contribution in [3.63, 3.8) is 0 Å². The second kappa shape index (κ2) is 13.3. The number of rotatable bonds is 12. The Kier molecular flexibility index (Phi) is 11.1. The Hall–Kier alpha value is -1.04. The van der Waals surface area contributed by atoms with Gasteiger partial charge in [-0.1, -0.05) is 71.6 Å². The van der Waals surface area contributed by atoms with Gasteiger partial charge in [-0.15, -0.1) is 0 Å². The highest BCUT2D eigenvalue weighted by molar-refractivity contribution is 5.72. The monoisotopic (exact) mass is 403 g/mol. The van der Waals surface area contributed by atoms with Crippen LogP contribution in [0.3, 0.4) is 0 Å². The number of nitriles is 1. The van der Waals surface area contributed by atoms with E-state index in [9.17, 15) is 10.1 Å². The summed E-state index contributed by atoms with van der Waals surface area (Å²) < 4.78 is 5.91. The van der Waals surface area contributed by atoms with E-state index in [1.807, 2.05) is 0 Å². The quantitative estimate of drug-likeness (QED) is 0.247. The van der Waals surface area contributed by atoms with Gasteiger partial charge in [0, 0.05) is 0 Å². The smallest absolute Gasteiger partial charge is 0.309 e. The Morgan fingerprint density at radius 1 is 0.897 bits per heavy atom. The van der Waals surface area contributed by atoms with E-state index in [4.69, 9.17) is 4.74 Å². The van der Waals surface area contributed by atoms with Crippen LogP contribution in [0.5, 0.6) is 0 Å². The molecule has 2 fully saturated rings. The van der Waals surface area contributed by atoms with Crippen LogP contribution in [0.15, 0.2) is 0 Å². The lowest BCUT2D eigenvalue weighted by Crippen LogP contribution is -2.33. The van der Waals surface area contributed by atoms with Crippen LogP contribution in [-0.4, -0.2) is 12.1 Å². The highest BCUT2D eigenvalue weighted by atomic mass is 16.5. The van der Waals surface area contributed by atoms with E-state index in [-0.39, 0.29) is 23.4 Å². The van der Waals surface area contributed by atoms with E-state index in [1.54, 1.807) is 0 Å². The van der Waals surface area contributed by atoms with Gasteiger partial charge in [0.25, 0.3) is 0 Å². The Morgan fingerprint density at radius 2 is 1.52 bits per heavy atom. The predicted molar refractivity (Wildman–Crippen MR) is 119 cm³/mol. The fraction of sp³-hybridized carbons (Fsp3) is 0.923. The van der Waals surface area contributed by atoms with E-state index in [2.05, 4.69) is 19.9 Å². The van der Waals surface area contributed by atoms with Crippen molar-refractivity contribution in [2.24, 2.45) is 17.3 Å². The zero-order valence-electron chi connectivity index (χ0n) is 19.2. The number of nitrogens with zero attached hydrogens (tertiary/aromatic N) is 1. The van der Waals surface area contributed by atoms with Crippen molar-refractivity contribution in [2.45, 2.75) is 136 Å². The van der Waals surface area contributed by atoms with Gasteiger partial charge in [0.15, 0.2) is 0 Å². The zero-order chi connectivity index (χ0) is 21.0. The molecule has 0 amide bonds. The van der Waals surface area contributed by atoms with E-state index in [0.29, 0.717) is 0 Å². The van der Waals surface area contributed by atoms with Crippen LogP contribution in [0.1, 0.15) is 129 Å². The van der Waals surface area contributed by atoms with Crippen molar-refractivity contribution in [2.75, 3.05) is 0 Å². The fourth-order valence-corrected chi connectivity index (χ4v) is 5.38. The molecule has 0 atom stereocenters. The summed E-state index contributed by atoms with van der Waals surface area (Å²) in [6.45, 7) is 4.48. The predicted octanol–water partition coefficient (Wildman–Crippen LogP) is 7.73. The molecule has 166 valence electrons. The summed E-state index contributed by atoms with van der Waals surface area (Å²) in [4.78, 5) is 12.7. The average Bonchev–Trinajstić information content (AvgIpc) is 2.76. The van der Waals surface area contributed by atoms with E-state index in [1.165, 1.54) is 64.2 Å². The lowest BCUT2D eigenvalue weighted by Gasteiger charge is -2.35. The van der Waals surface area contributed by atoms with E-state index >= 15 is 0 Å². The number of carbonyl (C=O) groups excluding carboxylic acids is 1. The third-order valence-corrected chi connectivity index (χ3v) is 7.56. The van der Waals surface area contributed by atoms with Gasteiger partial charge in [0.1, 0.15) is 6.10 Å². The minimum absolute atomic E-state index is 0.0476. The van der Waals surface area contributed by atoms with Crippen molar-refractivity contribution in [3.8, 4) is 6.07 Å². The molecule has 0 unspecified atom stereocenters. The molecule has 2 saturated carbocycles. The van der Waals surface area contributed by atoms with E-state index in [0.717, 1.165) is 57.3 Å². The lowest BCUT2D eigenvalue weighted by atomic mass is 9.71. The highest BCUT2D eigenvalue weighted by Crippen LogP contribution is 2.41. The number of carbonyl (C=O) groups is 1. The molecule has 0 aromatic rings. The maximum absolute atomic E-state index is 12.7. The zero-order valence-corrected chi connectivity index (χ0v) is 19.2. The van der Waals surface area contributed by atoms with Crippen molar-refractivity contribution in [1.82, 2.24) is 0 Å². The molecule has 3 nitrogen and oxygen atoms in total. The van der Waals surface area contributed by atoms with E-state index < -0.39 is 0 Å². The SMILES string of the molecule is CCCCCC[C@H]1CC[C@H](C(=O)O[C@H]2CC[C@](C#N)(CCCCCC)CC2)CC1. The Bertz CT molecular complexity index is 493. The summed E-state index contributed by atoms with van der Waals surface area (Å²) in [6.07, 6.45) is 20.7. The number of hydrogen-bond acceptors (Lipinski definition) is 3. The first-order valence-corrected chi connectivity index (χ1v) is 12.7. The fourth-order valence-electron chi connectivity index (χ4n) is 5.38. The summed E-state index contributed by atoms with van der Waals surface area (Å²) in [5, 5.41) is 9.73. The van der Waals surface area contributed by atoms with Crippen LogP contribution in [0, 0.1) is 28.6 Å². The molecule has 0 aromatic carbocycles. The summed E-state index contributed by atoms with van der Waals surface area (Å²) >= 11 is 0. The van der Waals surface area contributed by atoms with Gasteiger partial charge >= 0.3 is 5.97 Å². The number of hydrogen-bond donors (Lipinski definition) is 0. The Balaban J connectivity index is 1.65. The minimum atomic E-state index is -0.160. The summed E-state index contributed by atoms with van der Waals surface area (Å²) in [5.41, 5.74) is -0.160. The van der Waals surface area contributed by atoms with Crippen LogP contribution >= 0.6 is 0 Å². The highest BCUT2D eigenvalue weighted by Gasteiger charge is 2.37. The van der Waals surface area contributed by atoms with Gasteiger partial charge in [-0.25, -0.2) is 0 Å². The molecule has 0 heterocycles. The molecule has 2 aliphatic carbocycles. The van der Waals surface area contributed by atoms with Gasteiger partial charge in [0.2, 0.25) is 0 Å². The van der Waals surface area contributed by atoms with Crippen molar-refractivity contribution in [1.29, 1.82) is 5.26 Å². The first-order valence-electron chi connectivity index (χ1n) is 12.7. The third kappa shape index (κ3) is 8.31. The molecule has 0 aromatic heterocycles. The maximum atomic E-state index is 12.7. The summed E-state index contributed by atoms with van der Waals surface area (Å²) in [6, 6.07) is 2.62. The first kappa shape index (κ1) is 24.2. The topological polar surface area (TPSA) is 50.1 Å². The normalized spacial score (nSPS) is 29.9. The van der Waals surface area contributed by atoms with Crippen LogP contribution in [0.25, 0.3) is 0 Å². The van der Waals surface area contributed by atoms with Crippen molar-refractivity contribution < 1.29 is 9.53 Å². The molecule has 29 heavy (non-hydrogen) atoms. The van der Waals surface area contributed by atoms with Crippen LogP contribution in [0.4, 0.5) is 0 Å². The average molecular weight is 404 g/mol. The van der Waals surface area contributed by atoms with Crippen LogP contribution < -0.4 is 0 Å². The van der Waals surface area contributed by atoms with Gasteiger partial charge in [-0.3, -0.25) is 4.79 Å². The minimum Gasteiger partial charge on any atom is -0.462 e. The molecule has 0 aliphatic heterocycles. The lowest BCUT2D eigenvalue weighted by molar-refractivity contribution is -0.158. The number of ether oxygens (including phenoxy) is 1. The maximum Gasteiger partial charge on any atom is 0.309 e. The number of esters is 1. The molecule has 3 heteroatoms.